The molecule has 0 bridgehead atoms. The number of aryl methyl sites for hydroxylation is 1. The minimum absolute atomic E-state index is 0.395. The third kappa shape index (κ3) is 2.80. The standard InChI is InChI=1S/C10H16N4O3/c1-2-14-9(11-7-12-14)6-13-3-4-17-8(5-13)10(15)16/h7-8H,2-6H2,1H3,(H,15,16). The van der Waals surface area contributed by atoms with Gasteiger partial charge < -0.3 is 9.84 Å². The van der Waals surface area contributed by atoms with Gasteiger partial charge in [-0.3, -0.25) is 4.90 Å². The van der Waals surface area contributed by atoms with E-state index in [2.05, 4.69) is 10.1 Å². The normalized spacial score (nSPS) is 21.6. The maximum atomic E-state index is 10.8. The SMILES string of the molecule is CCn1ncnc1CN1CCOC(C(=O)O)C1. The molecule has 1 aliphatic heterocycles. The van der Waals surface area contributed by atoms with Gasteiger partial charge in [-0.05, 0) is 6.92 Å². The predicted molar refractivity (Wildman–Crippen MR) is 58.3 cm³/mol. The third-order valence-corrected chi connectivity index (χ3v) is 2.79. The van der Waals surface area contributed by atoms with E-state index >= 15 is 0 Å². The molecule has 0 saturated carbocycles. The first-order chi connectivity index (χ1) is 8.20. The summed E-state index contributed by atoms with van der Waals surface area (Å²) in [5.41, 5.74) is 0. The molecule has 1 fully saturated rings. The highest BCUT2D eigenvalue weighted by atomic mass is 16.5. The van der Waals surface area contributed by atoms with Crippen molar-refractivity contribution in [3.63, 3.8) is 0 Å². The summed E-state index contributed by atoms with van der Waals surface area (Å²) in [5.74, 6) is -0.0507. The van der Waals surface area contributed by atoms with Crippen molar-refractivity contribution in [3.8, 4) is 0 Å². The largest absolute Gasteiger partial charge is 0.479 e. The molecular weight excluding hydrogens is 224 g/mol. The fraction of sp³-hybridized carbons (Fsp3) is 0.700. The summed E-state index contributed by atoms with van der Waals surface area (Å²) in [4.78, 5) is 17.0. The van der Waals surface area contributed by atoms with Crippen molar-refractivity contribution in [1.29, 1.82) is 0 Å². The van der Waals surface area contributed by atoms with E-state index in [9.17, 15) is 4.79 Å². The average molecular weight is 240 g/mol. The van der Waals surface area contributed by atoms with Crippen molar-refractivity contribution >= 4 is 5.97 Å². The lowest BCUT2D eigenvalue weighted by molar-refractivity contribution is -0.156. The van der Waals surface area contributed by atoms with E-state index in [1.165, 1.54) is 6.33 Å². The molecular formula is C10H16N4O3. The van der Waals surface area contributed by atoms with Crippen LogP contribution in [0.2, 0.25) is 0 Å². The molecule has 1 N–H and O–H groups in total. The van der Waals surface area contributed by atoms with Crippen molar-refractivity contribution in [2.75, 3.05) is 19.7 Å². The number of rotatable bonds is 4. The van der Waals surface area contributed by atoms with Gasteiger partial charge in [0.25, 0.3) is 0 Å². The fourth-order valence-electron chi connectivity index (χ4n) is 1.87. The molecule has 1 atom stereocenters. The molecule has 0 aromatic carbocycles. The van der Waals surface area contributed by atoms with Crippen molar-refractivity contribution in [3.05, 3.63) is 12.2 Å². The Kier molecular flexibility index (Phi) is 3.70. The molecule has 2 rings (SSSR count). The van der Waals surface area contributed by atoms with E-state index in [4.69, 9.17) is 9.84 Å². The Balaban J connectivity index is 1.97. The monoisotopic (exact) mass is 240 g/mol. The Bertz CT molecular complexity index is 393. The summed E-state index contributed by atoms with van der Waals surface area (Å²) in [6.45, 7) is 4.93. The van der Waals surface area contributed by atoms with Gasteiger partial charge in [-0.2, -0.15) is 5.10 Å². The molecule has 0 spiro atoms. The van der Waals surface area contributed by atoms with Crippen LogP contribution in [0.25, 0.3) is 0 Å². The number of hydrogen-bond donors (Lipinski definition) is 1. The van der Waals surface area contributed by atoms with Gasteiger partial charge in [0, 0.05) is 19.6 Å². The van der Waals surface area contributed by atoms with E-state index in [0.29, 0.717) is 19.7 Å². The lowest BCUT2D eigenvalue weighted by atomic mass is 10.2. The van der Waals surface area contributed by atoms with E-state index in [1.807, 2.05) is 16.5 Å². The van der Waals surface area contributed by atoms with Crippen molar-refractivity contribution < 1.29 is 14.6 Å². The first kappa shape index (κ1) is 12.0. The lowest BCUT2D eigenvalue weighted by Gasteiger charge is -2.30. The summed E-state index contributed by atoms with van der Waals surface area (Å²) < 4.78 is 6.97. The number of carboxylic acid groups (broad SMARTS) is 1. The molecule has 1 aliphatic rings. The van der Waals surface area contributed by atoms with E-state index in [0.717, 1.165) is 18.9 Å². The maximum absolute atomic E-state index is 10.8. The van der Waals surface area contributed by atoms with E-state index < -0.39 is 12.1 Å². The highest BCUT2D eigenvalue weighted by Crippen LogP contribution is 2.09. The van der Waals surface area contributed by atoms with E-state index in [-0.39, 0.29) is 0 Å². The predicted octanol–water partition coefficient (Wildman–Crippen LogP) is -0.417. The number of nitrogens with zero attached hydrogens (tertiary/aromatic N) is 4. The minimum atomic E-state index is -0.911. The number of ether oxygens (including phenoxy) is 1. The first-order valence-electron chi connectivity index (χ1n) is 5.64. The second kappa shape index (κ2) is 5.24. The maximum Gasteiger partial charge on any atom is 0.334 e. The van der Waals surface area contributed by atoms with Crippen molar-refractivity contribution in [2.24, 2.45) is 0 Å². The lowest BCUT2D eigenvalue weighted by Crippen LogP contribution is -2.45. The van der Waals surface area contributed by atoms with Gasteiger partial charge in [-0.15, -0.1) is 0 Å². The number of aliphatic carboxylic acids is 1. The molecule has 1 unspecified atom stereocenters. The molecule has 94 valence electrons. The van der Waals surface area contributed by atoms with Gasteiger partial charge in [-0.1, -0.05) is 0 Å². The Morgan fingerprint density at radius 2 is 2.53 bits per heavy atom. The number of carboxylic acids is 1. The van der Waals surface area contributed by atoms with Crippen molar-refractivity contribution in [1.82, 2.24) is 19.7 Å². The highest BCUT2D eigenvalue weighted by molar-refractivity contribution is 5.72. The zero-order chi connectivity index (χ0) is 12.3. The first-order valence-corrected chi connectivity index (χ1v) is 5.64. The third-order valence-electron chi connectivity index (χ3n) is 2.79. The summed E-state index contributed by atoms with van der Waals surface area (Å²) in [6.07, 6.45) is 0.787. The van der Waals surface area contributed by atoms with Crippen LogP contribution in [0.4, 0.5) is 0 Å². The number of carbonyl (C=O) groups is 1. The van der Waals surface area contributed by atoms with Crippen LogP contribution in [0.15, 0.2) is 6.33 Å². The molecule has 7 heteroatoms. The quantitative estimate of drug-likeness (QED) is 0.770. The van der Waals surface area contributed by atoms with Gasteiger partial charge in [0.1, 0.15) is 12.2 Å². The number of morpholine rings is 1. The minimum Gasteiger partial charge on any atom is -0.479 e. The summed E-state index contributed by atoms with van der Waals surface area (Å²) in [7, 11) is 0. The molecule has 0 aliphatic carbocycles. The fourth-order valence-corrected chi connectivity index (χ4v) is 1.87. The Morgan fingerprint density at radius 1 is 1.71 bits per heavy atom. The van der Waals surface area contributed by atoms with Crippen LogP contribution >= 0.6 is 0 Å². The topological polar surface area (TPSA) is 80.5 Å². The van der Waals surface area contributed by atoms with Gasteiger partial charge >= 0.3 is 5.97 Å². The van der Waals surface area contributed by atoms with Crippen molar-refractivity contribution in [2.45, 2.75) is 26.1 Å². The number of hydrogen-bond acceptors (Lipinski definition) is 5. The second-order valence-electron chi connectivity index (χ2n) is 3.92. The second-order valence-corrected chi connectivity index (χ2v) is 3.92. The van der Waals surface area contributed by atoms with Crippen LogP contribution in [0.1, 0.15) is 12.7 Å². The molecule has 0 radical (unpaired) electrons. The zero-order valence-electron chi connectivity index (χ0n) is 9.74. The Labute approximate surface area is 99.0 Å². The summed E-state index contributed by atoms with van der Waals surface area (Å²) in [6, 6.07) is 0. The van der Waals surface area contributed by atoms with Gasteiger partial charge in [0.15, 0.2) is 6.10 Å². The molecule has 17 heavy (non-hydrogen) atoms. The van der Waals surface area contributed by atoms with Gasteiger partial charge in [0.05, 0.1) is 13.2 Å². The van der Waals surface area contributed by atoms with Crippen LogP contribution in [0.5, 0.6) is 0 Å². The van der Waals surface area contributed by atoms with E-state index in [1.54, 1.807) is 0 Å². The molecule has 1 aromatic rings. The van der Waals surface area contributed by atoms with Crippen LogP contribution in [-0.2, 0) is 22.6 Å². The molecule has 1 aromatic heterocycles. The Morgan fingerprint density at radius 3 is 3.24 bits per heavy atom. The summed E-state index contributed by atoms with van der Waals surface area (Å²) >= 11 is 0. The number of aromatic nitrogens is 3. The molecule has 0 amide bonds. The smallest absolute Gasteiger partial charge is 0.334 e. The van der Waals surface area contributed by atoms with Gasteiger partial charge in [-0.25, -0.2) is 14.5 Å². The molecule has 7 nitrogen and oxygen atoms in total. The van der Waals surface area contributed by atoms with Gasteiger partial charge in [0.2, 0.25) is 0 Å². The van der Waals surface area contributed by atoms with Crippen LogP contribution in [0, 0.1) is 0 Å². The zero-order valence-corrected chi connectivity index (χ0v) is 9.74. The average Bonchev–Trinajstić information content (AvgIpc) is 2.76. The molecule has 1 saturated heterocycles. The summed E-state index contributed by atoms with van der Waals surface area (Å²) in [5, 5.41) is 13.0. The van der Waals surface area contributed by atoms with Crippen LogP contribution in [-0.4, -0.2) is 56.5 Å². The highest BCUT2D eigenvalue weighted by Gasteiger charge is 2.26. The van der Waals surface area contributed by atoms with Crippen LogP contribution in [0.3, 0.4) is 0 Å². The van der Waals surface area contributed by atoms with Crippen LogP contribution < -0.4 is 0 Å². The Hall–Kier alpha value is -1.47. The molecule has 2 heterocycles.